The van der Waals surface area contributed by atoms with E-state index in [4.69, 9.17) is 4.74 Å². The molecule has 136 valence electrons. The third kappa shape index (κ3) is 5.21. The van der Waals surface area contributed by atoms with Crippen molar-refractivity contribution in [3.63, 3.8) is 0 Å². The largest absolute Gasteiger partial charge is 0.493 e. The second-order valence-corrected chi connectivity index (χ2v) is 7.16. The van der Waals surface area contributed by atoms with Gasteiger partial charge >= 0.3 is 0 Å². The van der Waals surface area contributed by atoms with E-state index in [1.807, 2.05) is 36.1 Å². The Kier molecular flexibility index (Phi) is 5.95. The number of nitrogens with zero attached hydrogens (tertiary/aromatic N) is 1. The van der Waals surface area contributed by atoms with Crippen molar-refractivity contribution in [2.45, 2.75) is 51.5 Å². The van der Waals surface area contributed by atoms with Crippen LogP contribution in [0.3, 0.4) is 0 Å². The highest BCUT2D eigenvalue weighted by molar-refractivity contribution is 5.81. The summed E-state index contributed by atoms with van der Waals surface area (Å²) >= 11 is 0. The van der Waals surface area contributed by atoms with Crippen LogP contribution in [0.15, 0.2) is 24.3 Å². The molecule has 0 spiro atoms. The van der Waals surface area contributed by atoms with Gasteiger partial charge in [-0.3, -0.25) is 9.59 Å². The Morgan fingerprint density at radius 3 is 2.56 bits per heavy atom. The highest BCUT2D eigenvalue weighted by Crippen LogP contribution is 2.29. The van der Waals surface area contributed by atoms with Crippen LogP contribution in [0.1, 0.15) is 44.1 Å². The Labute approximate surface area is 149 Å². The number of benzene rings is 1. The lowest BCUT2D eigenvalue weighted by atomic mass is 10.0. The van der Waals surface area contributed by atoms with Crippen LogP contribution in [0.5, 0.6) is 5.75 Å². The Morgan fingerprint density at radius 1 is 1.16 bits per heavy atom. The van der Waals surface area contributed by atoms with Gasteiger partial charge in [0, 0.05) is 31.5 Å². The molecule has 0 unspecified atom stereocenters. The van der Waals surface area contributed by atoms with Crippen molar-refractivity contribution >= 4 is 11.8 Å². The molecule has 1 aromatic carbocycles. The topological polar surface area (TPSA) is 58.6 Å². The maximum atomic E-state index is 12.3. The molecule has 1 N–H and O–H groups in total. The molecule has 1 aliphatic carbocycles. The van der Waals surface area contributed by atoms with Crippen molar-refractivity contribution < 1.29 is 14.3 Å². The summed E-state index contributed by atoms with van der Waals surface area (Å²) in [4.78, 5) is 26.0. The lowest BCUT2D eigenvalue weighted by molar-refractivity contribution is -0.132. The first-order valence-electron chi connectivity index (χ1n) is 9.40. The van der Waals surface area contributed by atoms with Gasteiger partial charge in [0.05, 0.1) is 6.61 Å². The molecule has 0 bridgehead atoms. The number of hydrogen-bond donors (Lipinski definition) is 1. The van der Waals surface area contributed by atoms with Crippen LogP contribution in [-0.2, 0) is 9.59 Å². The molecule has 5 heteroatoms. The van der Waals surface area contributed by atoms with E-state index in [-0.39, 0.29) is 23.8 Å². The number of hydrogen-bond acceptors (Lipinski definition) is 3. The molecule has 2 aliphatic rings. The molecule has 1 heterocycles. The minimum Gasteiger partial charge on any atom is -0.493 e. The van der Waals surface area contributed by atoms with E-state index in [0.29, 0.717) is 13.0 Å². The van der Waals surface area contributed by atoms with Gasteiger partial charge in [-0.05, 0) is 50.7 Å². The average Bonchev–Trinajstić information content (AvgIpc) is 3.46. The lowest BCUT2D eigenvalue weighted by Gasteiger charge is -2.32. The van der Waals surface area contributed by atoms with Gasteiger partial charge in [0.2, 0.25) is 11.8 Å². The van der Waals surface area contributed by atoms with Crippen molar-refractivity contribution in [3.8, 4) is 5.75 Å². The first-order chi connectivity index (χ1) is 12.1. The van der Waals surface area contributed by atoms with Gasteiger partial charge in [-0.15, -0.1) is 0 Å². The second kappa shape index (κ2) is 8.37. The summed E-state index contributed by atoms with van der Waals surface area (Å²) in [7, 11) is 0. The number of ether oxygens (including phenoxy) is 1. The van der Waals surface area contributed by atoms with E-state index in [1.165, 1.54) is 0 Å². The fourth-order valence-electron chi connectivity index (χ4n) is 3.22. The zero-order valence-corrected chi connectivity index (χ0v) is 15.0. The van der Waals surface area contributed by atoms with E-state index in [9.17, 15) is 9.59 Å². The fourth-order valence-corrected chi connectivity index (χ4v) is 3.22. The standard InChI is InChI=1S/C20H28N2O3/c1-15-5-2-3-6-18(15)25-14-4-7-19(23)22-12-10-17(11-13-22)21-20(24)16-8-9-16/h2-3,5-6,16-17H,4,7-14H2,1H3,(H,21,24). The van der Waals surface area contributed by atoms with Crippen LogP contribution in [-0.4, -0.2) is 42.5 Å². The van der Waals surface area contributed by atoms with Crippen LogP contribution in [0.2, 0.25) is 0 Å². The Hall–Kier alpha value is -2.04. The van der Waals surface area contributed by atoms with Gasteiger partial charge in [-0.2, -0.15) is 0 Å². The predicted octanol–water partition coefficient (Wildman–Crippen LogP) is 2.67. The van der Waals surface area contributed by atoms with E-state index < -0.39 is 0 Å². The molecule has 1 aliphatic heterocycles. The zero-order chi connectivity index (χ0) is 17.6. The van der Waals surface area contributed by atoms with Gasteiger partial charge in [-0.1, -0.05) is 18.2 Å². The van der Waals surface area contributed by atoms with Crippen LogP contribution in [0, 0.1) is 12.8 Å². The van der Waals surface area contributed by atoms with E-state index >= 15 is 0 Å². The van der Waals surface area contributed by atoms with Crippen molar-refractivity contribution in [3.05, 3.63) is 29.8 Å². The minimum absolute atomic E-state index is 0.195. The number of nitrogens with one attached hydrogen (secondary N) is 1. The summed E-state index contributed by atoms with van der Waals surface area (Å²) in [5, 5.41) is 3.12. The number of carbonyl (C=O) groups is 2. The van der Waals surface area contributed by atoms with Crippen LogP contribution in [0.25, 0.3) is 0 Å². The molecular formula is C20H28N2O3. The van der Waals surface area contributed by atoms with Crippen LogP contribution < -0.4 is 10.1 Å². The fraction of sp³-hybridized carbons (Fsp3) is 0.600. The number of aryl methyl sites for hydroxylation is 1. The number of piperidine rings is 1. The molecule has 2 amide bonds. The van der Waals surface area contributed by atoms with Crippen LogP contribution >= 0.6 is 0 Å². The molecule has 5 nitrogen and oxygen atoms in total. The summed E-state index contributed by atoms with van der Waals surface area (Å²) in [6, 6.07) is 8.16. The van der Waals surface area contributed by atoms with Crippen LogP contribution in [0.4, 0.5) is 0 Å². The number of para-hydroxylation sites is 1. The first kappa shape index (κ1) is 17.8. The molecular weight excluding hydrogens is 316 g/mol. The van der Waals surface area contributed by atoms with E-state index in [2.05, 4.69) is 5.32 Å². The molecule has 3 rings (SSSR count). The normalized spacial score (nSPS) is 18.0. The Balaban J connectivity index is 1.31. The minimum atomic E-state index is 0.195. The lowest BCUT2D eigenvalue weighted by Crippen LogP contribution is -2.46. The summed E-state index contributed by atoms with van der Waals surface area (Å²) in [5.41, 5.74) is 1.11. The molecule has 0 atom stereocenters. The third-order valence-electron chi connectivity index (χ3n) is 5.03. The number of amides is 2. The molecule has 1 saturated heterocycles. The summed E-state index contributed by atoms with van der Waals surface area (Å²) < 4.78 is 5.75. The summed E-state index contributed by atoms with van der Waals surface area (Å²) in [6.07, 6.45) is 5.05. The molecule has 1 saturated carbocycles. The molecule has 1 aromatic rings. The van der Waals surface area contributed by atoms with Crippen molar-refractivity contribution in [1.29, 1.82) is 0 Å². The van der Waals surface area contributed by atoms with Gasteiger partial charge in [0.15, 0.2) is 0 Å². The number of rotatable bonds is 7. The Morgan fingerprint density at radius 2 is 1.88 bits per heavy atom. The molecule has 2 fully saturated rings. The maximum absolute atomic E-state index is 12.3. The van der Waals surface area contributed by atoms with Crippen molar-refractivity contribution in [2.24, 2.45) is 5.92 Å². The highest BCUT2D eigenvalue weighted by Gasteiger charge is 2.32. The highest BCUT2D eigenvalue weighted by atomic mass is 16.5. The van der Waals surface area contributed by atoms with Gasteiger partial charge in [0.25, 0.3) is 0 Å². The maximum Gasteiger partial charge on any atom is 0.223 e. The Bertz CT molecular complexity index is 605. The smallest absolute Gasteiger partial charge is 0.223 e. The van der Waals surface area contributed by atoms with Gasteiger partial charge < -0.3 is 15.0 Å². The molecule has 0 radical (unpaired) electrons. The average molecular weight is 344 g/mol. The summed E-state index contributed by atoms with van der Waals surface area (Å²) in [5.74, 6) is 1.55. The van der Waals surface area contributed by atoms with Gasteiger partial charge in [-0.25, -0.2) is 0 Å². The van der Waals surface area contributed by atoms with E-state index in [1.54, 1.807) is 0 Å². The second-order valence-electron chi connectivity index (χ2n) is 7.16. The monoisotopic (exact) mass is 344 g/mol. The van der Waals surface area contributed by atoms with E-state index in [0.717, 1.165) is 56.5 Å². The number of carbonyl (C=O) groups excluding carboxylic acids is 2. The van der Waals surface area contributed by atoms with Gasteiger partial charge in [0.1, 0.15) is 5.75 Å². The zero-order valence-electron chi connectivity index (χ0n) is 15.0. The molecule has 25 heavy (non-hydrogen) atoms. The number of likely N-dealkylation sites (tertiary alicyclic amines) is 1. The van der Waals surface area contributed by atoms with Crippen molar-refractivity contribution in [2.75, 3.05) is 19.7 Å². The van der Waals surface area contributed by atoms with Crippen molar-refractivity contribution in [1.82, 2.24) is 10.2 Å². The third-order valence-corrected chi connectivity index (χ3v) is 5.03. The predicted molar refractivity (Wildman–Crippen MR) is 96.4 cm³/mol. The molecule has 0 aromatic heterocycles. The summed E-state index contributed by atoms with van der Waals surface area (Å²) in [6.45, 7) is 4.07. The quantitative estimate of drug-likeness (QED) is 0.774. The SMILES string of the molecule is Cc1ccccc1OCCCC(=O)N1CCC(NC(=O)C2CC2)CC1. The first-order valence-corrected chi connectivity index (χ1v) is 9.40.